The van der Waals surface area contributed by atoms with Crippen LogP contribution in [0.3, 0.4) is 0 Å². The molecule has 0 amide bonds. The second-order valence-corrected chi connectivity index (χ2v) is 10.3. The van der Waals surface area contributed by atoms with Crippen LogP contribution in [0.2, 0.25) is 0 Å². The number of benzene rings is 1. The molecule has 3 rings (SSSR count). The molecule has 0 bridgehead atoms. The van der Waals surface area contributed by atoms with Gasteiger partial charge in [0.1, 0.15) is 0 Å². The normalized spacial score (nSPS) is 19.9. The average molecular weight is 424 g/mol. The highest BCUT2D eigenvalue weighted by molar-refractivity contribution is 7.90. The van der Waals surface area contributed by atoms with Crippen molar-refractivity contribution in [3.63, 3.8) is 0 Å². The summed E-state index contributed by atoms with van der Waals surface area (Å²) in [5.41, 5.74) is 5.76. The van der Waals surface area contributed by atoms with Crippen LogP contribution >= 0.6 is 12.4 Å². The summed E-state index contributed by atoms with van der Waals surface area (Å²) in [6.45, 7) is 0.252. The summed E-state index contributed by atoms with van der Waals surface area (Å²) in [4.78, 5) is 0.124. The maximum absolute atomic E-state index is 12.6. The third kappa shape index (κ3) is 5.17. The van der Waals surface area contributed by atoms with Crippen LogP contribution in [0.4, 0.5) is 0 Å². The molecular weight excluding hydrogens is 398 g/mol. The minimum absolute atomic E-state index is 0. The molecule has 2 aliphatic rings. The van der Waals surface area contributed by atoms with Crippen LogP contribution in [0.15, 0.2) is 34.1 Å². The summed E-state index contributed by atoms with van der Waals surface area (Å²) in [5, 5.41) is 0. The minimum atomic E-state index is -3.73. The molecule has 2 saturated carbocycles. The van der Waals surface area contributed by atoms with E-state index in [9.17, 15) is 16.8 Å². The van der Waals surface area contributed by atoms with E-state index in [4.69, 9.17) is 5.73 Å². The van der Waals surface area contributed by atoms with E-state index in [1.165, 1.54) is 24.3 Å². The van der Waals surface area contributed by atoms with Gasteiger partial charge in [0.2, 0.25) is 20.0 Å². The molecule has 0 heterocycles. The van der Waals surface area contributed by atoms with Gasteiger partial charge in [0, 0.05) is 18.6 Å². The zero-order valence-electron chi connectivity index (χ0n) is 14.4. The fourth-order valence-electron chi connectivity index (χ4n) is 3.25. The molecule has 1 aromatic rings. The minimum Gasteiger partial charge on any atom is -0.329 e. The summed E-state index contributed by atoms with van der Waals surface area (Å²) in [7, 11) is -7.31. The highest BCUT2D eigenvalue weighted by atomic mass is 35.5. The van der Waals surface area contributed by atoms with E-state index in [-0.39, 0.29) is 46.7 Å². The maximum atomic E-state index is 12.6. The number of halogens is 1. The van der Waals surface area contributed by atoms with Gasteiger partial charge in [0.25, 0.3) is 0 Å². The number of nitrogens with two attached hydrogens (primary N) is 1. The molecule has 7 nitrogen and oxygen atoms in total. The van der Waals surface area contributed by atoms with Gasteiger partial charge < -0.3 is 5.73 Å². The Morgan fingerprint density at radius 1 is 0.923 bits per heavy atom. The monoisotopic (exact) mass is 423 g/mol. The predicted octanol–water partition coefficient (Wildman–Crippen LogP) is 1.34. The lowest BCUT2D eigenvalue weighted by molar-refractivity contribution is 0.405. The number of nitrogens with one attached hydrogen (secondary N) is 2. The molecule has 0 radical (unpaired) electrons. The average Bonchev–Trinajstić information content (AvgIpc) is 3.21. The Balaban J connectivity index is 0.00000243. The molecular formula is C16H26ClN3O4S2. The standard InChI is InChI=1S/C16H25N3O4S2.ClH/c17-11-16(12-3-1-2-4-12)19-25(22,23)15-9-7-14(8-10-15)24(20,21)18-13-5-6-13;/h7-10,12-13,16,18-19H,1-6,11,17H2;1H. The van der Waals surface area contributed by atoms with Crippen LogP contribution in [0.25, 0.3) is 0 Å². The van der Waals surface area contributed by atoms with Gasteiger partial charge in [-0.3, -0.25) is 0 Å². The van der Waals surface area contributed by atoms with E-state index in [0.29, 0.717) is 0 Å². The lowest BCUT2D eigenvalue weighted by Crippen LogP contribution is -2.44. The number of hydrogen-bond donors (Lipinski definition) is 3. The molecule has 0 aromatic heterocycles. The molecule has 2 aliphatic carbocycles. The van der Waals surface area contributed by atoms with Crippen molar-refractivity contribution in [2.24, 2.45) is 11.7 Å². The molecule has 10 heteroatoms. The Morgan fingerprint density at radius 2 is 1.42 bits per heavy atom. The van der Waals surface area contributed by atoms with E-state index >= 15 is 0 Å². The van der Waals surface area contributed by atoms with Crippen molar-refractivity contribution in [2.75, 3.05) is 6.54 Å². The van der Waals surface area contributed by atoms with Crippen molar-refractivity contribution < 1.29 is 16.8 Å². The Hall–Kier alpha value is -0.710. The van der Waals surface area contributed by atoms with Gasteiger partial charge in [-0.1, -0.05) is 12.8 Å². The first-order chi connectivity index (χ1) is 11.8. The quantitative estimate of drug-likeness (QED) is 0.583. The van der Waals surface area contributed by atoms with Crippen molar-refractivity contribution in [1.29, 1.82) is 0 Å². The van der Waals surface area contributed by atoms with E-state index in [2.05, 4.69) is 9.44 Å². The van der Waals surface area contributed by atoms with Gasteiger partial charge in [0.15, 0.2) is 0 Å². The summed E-state index contributed by atoms with van der Waals surface area (Å²) in [6, 6.07) is 5.02. The Kier molecular flexibility index (Phi) is 7.09. The van der Waals surface area contributed by atoms with E-state index in [1.807, 2.05) is 0 Å². The Morgan fingerprint density at radius 3 is 1.88 bits per heavy atom. The van der Waals surface area contributed by atoms with Crippen LogP contribution in [0.5, 0.6) is 0 Å². The summed E-state index contributed by atoms with van der Waals surface area (Å²) in [5.74, 6) is 0.266. The molecule has 4 N–H and O–H groups in total. The number of rotatable bonds is 8. The zero-order chi connectivity index (χ0) is 18.1. The largest absolute Gasteiger partial charge is 0.329 e. The first kappa shape index (κ1) is 21.6. The third-order valence-corrected chi connectivity index (χ3v) is 7.92. The van der Waals surface area contributed by atoms with Gasteiger partial charge >= 0.3 is 0 Å². The van der Waals surface area contributed by atoms with Gasteiger partial charge in [-0.25, -0.2) is 26.3 Å². The molecule has 26 heavy (non-hydrogen) atoms. The Labute approximate surface area is 161 Å². The van der Waals surface area contributed by atoms with Crippen LogP contribution in [0, 0.1) is 5.92 Å². The molecule has 148 valence electrons. The third-order valence-electron chi connectivity index (χ3n) is 4.87. The SMILES string of the molecule is Cl.NCC(NS(=O)(=O)c1ccc(S(=O)(=O)NC2CC2)cc1)C1CCCC1. The second-order valence-electron chi connectivity index (χ2n) is 6.87. The maximum Gasteiger partial charge on any atom is 0.240 e. The fraction of sp³-hybridized carbons (Fsp3) is 0.625. The first-order valence-corrected chi connectivity index (χ1v) is 11.6. The van der Waals surface area contributed by atoms with Gasteiger partial charge in [0.05, 0.1) is 9.79 Å². The highest BCUT2D eigenvalue weighted by Crippen LogP contribution is 2.28. The zero-order valence-corrected chi connectivity index (χ0v) is 16.9. The fourth-order valence-corrected chi connectivity index (χ4v) is 5.87. The topological polar surface area (TPSA) is 118 Å². The van der Waals surface area contributed by atoms with E-state index < -0.39 is 20.0 Å². The van der Waals surface area contributed by atoms with E-state index in [0.717, 1.165) is 38.5 Å². The van der Waals surface area contributed by atoms with Crippen LogP contribution < -0.4 is 15.2 Å². The predicted molar refractivity (Wildman–Crippen MR) is 102 cm³/mol. The molecule has 2 fully saturated rings. The van der Waals surface area contributed by atoms with Gasteiger partial charge in [-0.15, -0.1) is 12.4 Å². The van der Waals surface area contributed by atoms with Crippen molar-refractivity contribution in [3.8, 4) is 0 Å². The molecule has 0 saturated heterocycles. The molecule has 1 aromatic carbocycles. The van der Waals surface area contributed by atoms with Crippen LogP contribution in [0.1, 0.15) is 38.5 Å². The second kappa shape index (κ2) is 8.53. The first-order valence-electron chi connectivity index (χ1n) is 8.66. The molecule has 0 aliphatic heterocycles. The van der Waals surface area contributed by atoms with Crippen molar-refractivity contribution in [3.05, 3.63) is 24.3 Å². The Bertz CT molecular complexity index is 802. The summed E-state index contributed by atoms with van der Waals surface area (Å²) in [6.07, 6.45) is 5.85. The lowest BCUT2D eigenvalue weighted by atomic mass is 9.99. The van der Waals surface area contributed by atoms with Crippen molar-refractivity contribution in [2.45, 2.75) is 60.4 Å². The molecule has 1 unspecified atom stereocenters. The smallest absolute Gasteiger partial charge is 0.240 e. The van der Waals surface area contributed by atoms with Gasteiger partial charge in [-0.2, -0.15) is 0 Å². The number of sulfonamides is 2. The summed E-state index contributed by atoms with van der Waals surface area (Å²) >= 11 is 0. The summed E-state index contributed by atoms with van der Waals surface area (Å²) < 4.78 is 54.7. The van der Waals surface area contributed by atoms with E-state index in [1.54, 1.807) is 0 Å². The van der Waals surface area contributed by atoms with Crippen molar-refractivity contribution in [1.82, 2.24) is 9.44 Å². The lowest BCUT2D eigenvalue weighted by Gasteiger charge is -2.23. The van der Waals surface area contributed by atoms with Crippen LogP contribution in [-0.2, 0) is 20.0 Å². The molecule has 0 spiro atoms. The highest BCUT2D eigenvalue weighted by Gasteiger charge is 2.30. The molecule has 1 atom stereocenters. The van der Waals surface area contributed by atoms with Gasteiger partial charge in [-0.05, 0) is 55.9 Å². The van der Waals surface area contributed by atoms with Crippen molar-refractivity contribution >= 4 is 32.5 Å². The van der Waals surface area contributed by atoms with Crippen LogP contribution in [-0.4, -0.2) is 35.5 Å². The number of hydrogen-bond acceptors (Lipinski definition) is 5.